The molecule has 1 N–H and O–H groups in total. The Morgan fingerprint density at radius 2 is 2.25 bits per heavy atom. The van der Waals surface area contributed by atoms with E-state index in [0.29, 0.717) is 6.42 Å². The van der Waals surface area contributed by atoms with Crippen molar-refractivity contribution in [2.75, 3.05) is 12.3 Å². The van der Waals surface area contributed by atoms with Crippen molar-refractivity contribution in [3.8, 4) is 0 Å². The van der Waals surface area contributed by atoms with Gasteiger partial charge in [-0.25, -0.2) is 0 Å². The highest BCUT2D eigenvalue weighted by Gasteiger charge is 2.02. The first-order chi connectivity index (χ1) is 9.84. The van der Waals surface area contributed by atoms with Crippen molar-refractivity contribution in [2.45, 2.75) is 18.6 Å². The standard InChI is InChI=1S/C15H18N2OS2/c18-15(17-9-6-14-5-3-10-20-14)7-11-19-12-13-4-1-2-8-16-13/h1-5,8,10H,6-7,9,11-12H2,(H,17,18). The minimum atomic E-state index is 0.134. The summed E-state index contributed by atoms with van der Waals surface area (Å²) >= 11 is 3.48. The summed E-state index contributed by atoms with van der Waals surface area (Å²) in [5, 5.41) is 5.02. The van der Waals surface area contributed by atoms with Gasteiger partial charge in [-0.3, -0.25) is 9.78 Å². The predicted octanol–water partition coefficient (Wildman–Crippen LogP) is 3.13. The monoisotopic (exact) mass is 306 g/mol. The number of nitrogens with zero attached hydrogens (tertiary/aromatic N) is 1. The van der Waals surface area contributed by atoms with Crippen LogP contribution in [0.1, 0.15) is 17.0 Å². The Bertz CT molecular complexity index is 500. The maximum atomic E-state index is 11.6. The molecule has 0 saturated heterocycles. The maximum Gasteiger partial charge on any atom is 0.220 e. The molecule has 0 aliphatic rings. The summed E-state index contributed by atoms with van der Waals surface area (Å²) in [6, 6.07) is 10.0. The summed E-state index contributed by atoms with van der Waals surface area (Å²) in [6.07, 6.45) is 3.29. The number of carbonyl (C=O) groups is 1. The Labute approximate surface area is 127 Å². The molecule has 0 aliphatic carbocycles. The van der Waals surface area contributed by atoms with Gasteiger partial charge < -0.3 is 5.32 Å². The molecule has 1 amide bonds. The quantitative estimate of drug-likeness (QED) is 0.762. The topological polar surface area (TPSA) is 42.0 Å². The van der Waals surface area contributed by atoms with Gasteiger partial charge in [-0.05, 0) is 30.0 Å². The first-order valence-electron chi connectivity index (χ1n) is 6.61. The highest BCUT2D eigenvalue weighted by Crippen LogP contribution is 2.11. The van der Waals surface area contributed by atoms with Crippen LogP contribution in [-0.2, 0) is 17.0 Å². The van der Waals surface area contributed by atoms with Gasteiger partial charge in [-0.2, -0.15) is 11.8 Å². The Kier molecular flexibility index (Phi) is 6.60. The largest absolute Gasteiger partial charge is 0.356 e. The molecule has 0 aromatic carbocycles. The lowest BCUT2D eigenvalue weighted by Gasteiger charge is -2.04. The van der Waals surface area contributed by atoms with Crippen molar-refractivity contribution in [1.29, 1.82) is 0 Å². The summed E-state index contributed by atoms with van der Waals surface area (Å²) in [4.78, 5) is 17.2. The number of carbonyl (C=O) groups excluding carboxylic acids is 1. The fourth-order valence-corrected chi connectivity index (χ4v) is 3.26. The third kappa shape index (κ3) is 5.75. The minimum Gasteiger partial charge on any atom is -0.356 e. The summed E-state index contributed by atoms with van der Waals surface area (Å²) < 4.78 is 0. The van der Waals surface area contributed by atoms with Crippen LogP contribution >= 0.6 is 23.1 Å². The van der Waals surface area contributed by atoms with Crippen molar-refractivity contribution in [3.05, 3.63) is 52.5 Å². The zero-order valence-corrected chi connectivity index (χ0v) is 12.9. The smallest absolute Gasteiger partial charge is 0.220 e. The summed E-state index contributed by atoms with van der Waals surface area (Å²) in [5.41, 5.74) is 1.07. The molecule has 0 atom stereocenters. The maximum absolute atomic E-state index is 11.6. The lowest BCUT2D eigenvalue weighted by molar-refractivity contribution is -0.120. The molecule has 0 unspecified atom stereocenters. The summed E-state index contributed by atoms with van der Waals surface area (Å²) in [7, 11) is 0. The van der Waals surface area contributed by atoms with Crippen LogP contribution in [0.5, 0.6) is 0 Å². The van der Waals surface area contributed by atoms with Gasteiger partial charge in [0.1, 0.15) is 0 Å². The van der Waals surface area contributed by atoms with Crippen molar-refractivity contribution >= 4 is 29.0 Å². The molecule has 0 saturated carbocycles. The van der Waals surface area contributed by atoms with Gasteiger partial charge >= 0.3 is 0 Å². The first-order valence-corrected chi connectivity index (χ1v) is 8.65. The molecule has 2 aromatic rings. The van der Waals surface area contributed by atoms with E-state index in [1.165, 1.54) is 4.88 Å². The van der Waals surface area contributed by atoms with Crippen LogP contribution in [0.4, 0.5) is 0 Å². The van der Waals surface area contributed by atoms with Crippen molar-refractivity contribution in [2.24, 2.45) is 0 Å². The van der Waals surface area contributed by atoms with E-state index >= 15 is 0 Å². The molecule has 106 valence electrons. The van der Waals surface area contributed by atoms with Crippen molar-refractivity contribution in [3.63, 3.8) is 0 Å². The Morgan fingerprint density at radius 1 is 1.30 bits per heavy atom. The fraction of sp³-hybridized carbons (Fsp3) is 0.333. The summed E-state index contributed by atoms with van der Waals surface area (Å²) in [5.74, 6) is 1.83. The van der Waals surface area contributed by atoms with E-state index in [9.17, 15) is 4.79 Å². The number of rotatable bonds is 8. The van der Waals surface area contributed by atoms with Crippen molar-refractivity contribution in [1.82, 2.24) is 10.3 Å². The molecule has 2 heterocycles. The zero-order chi connectivity index (χ0) is 14.0. The minimum absolute atomic E-state index is 0.134. The van der Waals surface area contributed by atoms with E-state index < -0.39 is 0 Å². The van der Waals surface area contributed by atoms with Gasteiger partial charge in [0.2, 0.25) is 5.91 Å². The zero-order valence-electron chi connectivity index (χ0n) is 11.2. The number of nitrogens with one attached hydrogen (secondary N) is 1. The van der Waals surface area contributed by atoms with Crippen LogP contribution in [0.15, 0.2) is 41.9 Å². The van der Waals surface area contributed by atoms with Crippen LogP contribution in [0, 0.1) is 0 Å². The number of hydrogen-bond acceptors (Lipinski definition) is 4. The Morgan fingerprint density at radius 3 is 3.00 bits per heavy atom. The molecule has 0 bridgehead atoms. The van der Waals surface area contributed by atoms with E-state index in [-0.39, 0.29) is 5.91 Å². The average molecular weight is 306 g/mol. The van der Waals surface area contributed by atoms with E-state index in [2.05, 4.69) is 21.7 Å². The number of amides is 1. The van der Waals surface area contributed by atoms with Gasteiger partial charge in [0, 0.05) is 35.5 Å². The molecule has 0 spiro atoms. The van der Waals surface area contributed by atoms with E-state index in [0.717, 1.165) is 30.2 Å². The third-order valence-electron chi connectivity index (χ3n) is 2.72. The van der Waals surface area contributed by atoms with Gasteiger partial charge in [0.05, 0.1) is 5.69 Å². The molecule has 5 heteroatoms. The van der Waals surface area contributed by atoms with E-state index in [1.54, 1.807) is 29.3 Å². The molecule has 2 aromatic heterocycles. The van der Waals surface area contributed by atoms with Gasteiger partial charge in [0.25, 0.3) is 0 Å². The van der Waals surface area contributed by atoms with Crippen LogP contribution in [0.2, 0.25) is 0 Å². The van der Waals surface area contributed by atoms with Gasteiger partial charge in [-0.15, -0.1) is 11.3 Å². The highest BCUT2D eigenvalue weighted by molar-refractivity contribution is 7.98. The Hall–Kier alpha value is -1.33. The third-order valence-corrected chi connectivity index (χ3v) is 4.65. The molecule has 0 fully saturated rings. The van der Waals surface area contributed by atoms with Crippen LogP contribution in [0.3, 0.4) is 0 Å². The predicted molar refractivity (Wildman–Crippen MR) is 86.0 cm³/mol. The number of aromatic nitrogens is 1. The molecule has 3 nitrogen and oxygen atoms in total. The molecule has 20 heavy (non-hydrogen) atoms. The normalized spacial score (nSPS) is 10.4. The summed E-state index contributed by atoms with van der Waals surface area (Å²) in [6.45, 7) is 0.726. The lowest BCUT2D eigenvalue weighted by Crippen LogP contribution is -2.25. The van der Waals surface area contributed by atoms with Crippen LogP contribution in [0.25, 0.3) is 0 Å². The number of hydrogen-bond donors (Lipinski definition) is 1. The molecule has 2 rings (SSSR count). The first kappa shape index (κ1) is 15.1. The van der Waals surface area contributed by atoms with Crippen LogP contribution < -0.4 is 5.32 Å². The highest BCUT2D eigenvalue weighted by atomic mass is 32.2. The van der Waals surface area contributed by atoms with E-state index in [1.807, 2.05) is 24.3 Å². The lowest BCUT2D eigenvalue weighted by atomic mass is 10.3. The average Bonchev–Trinajstić information content (AvgIpc) is 2.98. The molecule has 0 aliphatic heterocycles. The number of pyridine rings is 1. The molecule has 0 radical (unpaired) electrons. The second-order valence-electron chi connectivity index (χ2n) is 4.30. The van der Waals surface area contributed by atoms with Gasteiger partial charge in [0.15, 0.2) is 0 Å². The number of thiophene rings is 1. The second kappa shape index (κ2) is 8.76. The molecular weight excluding hydrogens is 288 g/mol. The van der Waals surface area contributed by atoms with Crippen LogP contribution in [-0.4, -0.2) is 23.2 Å². The second-order valence-corrected chi connectivity index (χ2v) is 6.44. The van der Waals surface area contributed by atoms with E-state index in [4.69, 9.17) is 0 Å². The SMILES string of the molecule is O=C(CCSCc1ccccn1)NCCc1cccs1. The molecular formula is C15H18N2OS2. The fourth-order valence-electron chi connectivity index (χ4n) is 1.69. The van der Waals surface area contributed by atoms with Crippen molar-refractivity contribution < 1.29 is 4.79 Å². The van der Waals surface area contributed by atoms with Gasteiger partial charge in [-0.1, -0.05) is 12.1 Å². The number of thioether (sulfide) groups is 1. The Balaban J connectivity index is 1.52.